The lowest BCUT2D eigenvalue weighted by molar-refractivity contribution is -0.131. The van der Waals surface area contributed by atoms with Gasteiger partial charge >= 0.3 is 17.9 Å². The number of halogens is 1. The first kappa shape index (κ1) is 25.1. The summed E-state index contributed by atoms with van der Waals surface area (Å²) in [5.74, 6) is -2.20. The fourth-order valence-electron chi connectivity index (χ4n) is 2.76. The highest BCUT2D eigenvalue weighted by molar-refractivity contribution is 5.92. The molecule has 7 nitrogen and oxygen atoms in total. The monoisotopic (exact) mass is 476 g/mol. The van der Waals surface area contributed by atoms with Crippen molar-refractivity contribution in [3.8, 4) is 28.4 Å². The second kappa shape index (κ2) is 11.0. The van der Waals surface area contributed by atoms with Crippen molar-refractivity contribution in [1.29, 1.82) is 0 Å². The minimum atomic E-state index is -0.856. The molecule has 35 heavy (non-hydrogen) atoms. The van der Waals surface area contributed by atoms with Gasteiger partial charge in [0.25, 0.3) is 0 Å². The topological polar surface area (TPSA) is 99.1 Å². The Morgan fingerprint density at radius 3 is 1.89 bits per heavy atom. The van der Waals surface area contributed by atoms with Crippen LogP contribution in [-0.2, 0) is 9.59 Å². The van der Waals surface area contributed by atoms with Crippen molar-refractivity contribution in [1.82, 2.24) is 0 Å². The van der Waals surface area contributed by atoms with Gasteiger partial charge in [-0.05, 0) is 61.0 Å². The van der Waals surface area contributed by atoms with Gasteiger partial charge in [-0.3, -0.25) is 0 Å². The fraction of sp³-hybridized carbons (Fsp3) is 0.0741. The third-order valence-electron chi connectivity index (χ3n) is 4.66. The van der Waals surface area contributed by atoms with Crippen LogP contribution in [0.1, 0.15) is 17.3 Å². The molecular weight excluding hydrogens is 455 g/mol. The molecule has 3 rings (SSSR count). The number of hydrogen-bond acceptors (Lipinski definition) is 7. The first-order chi connectivity index (χ1) is 16.7. The molecule has 0 amide bonds. The SMILES string of the molecule is C=C(C)C(=O)Oc1ccc(OC(=O)c2ccc(-c3ccc(OC(=O)C(=C)CO)cc3F)cc2)cc1. The van der Waals surface area contributed by atoms with E-state index in [1.165, 1.54) is 55.5 Å². The number of benzene rings is 3. The molecule has 0 fully saturated rings. The molecule has 0 saturated heterocycles. The molecular formula is C27H21FO7. The van der Waals surface area contributed by atoms with Crippen LogP contribution >= 0.6 is 0 Å². The van der Waals surface area contributed by atoms with Crippen LogP contribution in [0.4, 0.5) is 4.39 Å². The highest BCUT2D eigenvalue weighted by Gasteiger charge is 2.14. The molecule has 0 aliphatic carbocycles. The Kier molecular flexibility index (Phi) is 7.91. The normalized spacial score (nSPS) is 10.3. The summed E-state index contributed by atoms with van der Waals surface area (Å²) in [6, 6.07) is 15.9. The van der Waals surface area contributed by atoms with E-state index in [9.17, 15) is 18.8 Å². The summed E-state index contributed by atoms with van der Waals surface area (Å²) < 4.78 is 29.9. The van der Waals surface area contributed by atoms with E-state index >= 15 is 0 Å². The van der Waals surface area contributed by atoms with Crippen molar-refractivity contribution in [2.75, 3.05) is 6.61 Å². The largest absolute Gasteiger partial charge is 0.423 e. The predicted molar refractivity (Wildman–Crippen MR) is 126 cm³/mol. The zero-order chi connectivity index (χ0) is 25.5. The first-order valence-corrected chi connectivity index (χ1v) is 10.3. The Bertz CT molecular complexity index is 1290. The smallest absolute Gasteiger partial charge is 0.343 e. The van der Waals surface area contributed by atoms with Gasteiger partial charge in [-0.25, -0.2) is 18.8 Å². The lowest BCUT2D eigenvalue weighted by Gasteiger charge is -2.09. The summed E-state index contributed by atoms with van der Waals surface area (Å²) in [6.45, 7) is 7.82. The van der Waals surface area contributed by atoms with Gasteiger partial charge in [0.15, 0.2) is 0 Å². The van der Waals surface area contributed by atoms with Gasteiger partial charge < -0.3 is 19.3 Å². The van der Waals surface area contributed by atoms with Crippen LogP contribution in [0.25, 0.3) is 11.1 Å². The zero-order valence-electron chi connectivity index (χ0n) is 18.7. The predicted octanol–water partition coefficient (Wildman–Crippen LogP) is 4.65. The van der Waals surface area contributed by atoms with E-state index in [2.05, 4.69) is 13.2 Å². The number of carbonyl (C=O) groups excluding carboxylic acids is 3. The minimum absolute atomic E-state index is 0.0357. The van der Waals surface area contributed by atoms with Gasteiger partial charge in [-0.15, -0.1) is 0 Å². The molecule has 0 heterocycles. The van der Waals surface area contributed by atoms with Gasteiger partial charge in [0.2, 0.25) is 0 Å². The van der Waals surface area contributed by atoms with Crippen molar-refractivity contribution in [3.63, 3.8) is 0 Å². The van der Waals surface area contributed by atoms with E-state index in [4.69, 9.17) is 19.3 Å². The number of rotatable bonds is 8. The summed E-state index contributed by atoms with van der Waals surface area (Å²) >= 11 is 0. The molecule has 3 aromatic rings. The molecule has 0 aromatic heterocycles. The molecule has 0 aliphatic heterocycles. The van der Waals surface area contributed by atoms with Gasteiger partial charge in [0.1, 0.15) is 23.1 Å². The molecule has 1 N–H and O–H groups in total. The summed E-state index contributed by atoms with van der Waals surface area (Å²) in [7, 11) is 0. The van der Waals surface area contributed by atoms with Crippen LogP contribution in [0.5, 0.6) is 17.2 Å². The van der Waals surface area contributed by atoms with Gasteiger partial charge in [0.05, 0.1) is 17.7 Å². The van der Waals surface area contributed by atoms with Crippen LogP contribution in [0.3, 0.4) is 0 Å². The highest BCUT2D eigenvalue weighted by atomic mass is 19.1. The van der Waals surface area contributed by atoms with Crippen LogP contribution in [0, 0.1) is 5.82 Å². The van der Waals surface area contributed by atoms with E-state index in [-0.39, 0.29) is 39.5 Å². The lowest BCUT2D eigenvalue weighted by atomic mass is 10.0. The lowest BCUT2D eigenvalue weighted by Crippen LogP contribution is -2.13. The Balaban J connectivity index is 1.66. The summed E-state index contributed by atoms with van der Waals surface area (Å²) in [4.78, 5) is 35.6. The number of carbonyl (C=O) groups is 3. The van der Waals surface area contributed by atoms with Crippen molar-refractivity contribution in [3.05, 3.63) is 102 Å². The maximum absolute atomic E-state index is 14.6. The van der Waals surface area contributed by atoms with E-state index < -0.39 is 30.3 Å². The van der Waals surface area contributed by atoms with Crippen LogP contribution in [0.2, 0.25) is 0 Å². The Labute approximate surface area is 200 Å². The summed E-state index contributed by atoms with van der Waals surface area (Å²) in [5, 5.41) is 8.90. The number of ether oxygens (including phenoxy) is 3. The number of hydrogen-bond donors (Lipinski definition) is 1. The third kappa shape index (κ3) is 6.49. The van der Waals surface area contributed by atoms with Crippen LogP contribution < -0.4 is 14.2 Å². The molecule has 0 atom stereocenters. The van der Waals surface area contributed by atoms with Crippen molar-refractivity contribution in [2.45, 2.75) is 6.92 Å². The molecule has 8 heteroatoms. The number of aliphatic hydroxyl groups is 1. The average molecular weight is 476 g/mol. The maximum atomic E-state index is 14.6. The maximum Gasteiger partial charge on any atom is 0.343 e. The minimum Gasteiger partial charge on any atom is -0.423 e. The van der Waals surface area contributed by atoms with Crippen molar-refractivity contribution < 1.29 is 38.1 Å². The standard InChI is InChI=1S/C27H21FO7/c1-16(2)25(30)33-20-8-10-21(11-9-20)34-27(32)19-6-4-18(5-7-19)23-13-12-22(14-24(23)28)35-26(31)17(3)15-29/h4-14,29H,1,3,15H2,2H3. The second-order valence-corrected chi connectivity index (χ2v) is 7.40. The molecule has 3 aromatic carbocycles. The van der Waals surface area contributed by atoms with Crippen LogP contribution in [0.15, 0.2) is 91.0 Å². The Morgan fingerprint density at radius 1 is 0.800 bits per heavy atom. The van der Waals surface area contributed by atoms with Gasteiger partial charge in [-0.1, -0.05) is 25.3 Å². The summed E-state index contributed by atoms with van der Waals surface area (Å²) in [5.41, 5.74) is 1.05. The zero-order valence-corrected chi connectivity index (χ0v) is 18.7. The quantitative estimate of drug-likeness (QED) is 0.287. The number of esters is 3. The van der Waals surface area contributed by atoms with E-state index in [0.717, 1.165) is 6.07 Å². The summed E-state index contributed by atoms with van der Waals surface area (Å²) in [6.07, 6.45) is 0. The highest BCUT2D eigenvalue weighted by Crippen LogP contribution is 2.27. The molecule has 0 unspecified atom stereocenters. The molecule has 178 valence electrons. The first-order valence-electron chi connectivity index (χ1n) is 10.3. The molecule has 0 saturated carbocycles. The molecule has 0 radical (unpaired) electrons. The van der Waals surface area contributed by atoms with Gasteiger partial charge in [-0.2, -0.15) is 0 Å². The third-order valence-corrected chi connectivity index (χ3v) is 4.66. The average Bonchev–Trinajstić information content (AvgIpc) is 2.84. The molecule has 0 aliphatic rings. The second-order valence-electron chi connectivity index (χ2n) is 7.40. The Morgan fingerprint density at radius 2 is 1.34 bits per heavy atom. The van der Waals surface area contributed by atoms with Crippen LogP contribution in [-0.4, -0.2) is 29.6 Å². The van der Waals surface area contributed by atoms with E-state index in [1.54, 1.807) is 12.1 Å². The van der Waals surface area contributed by atoms with Crippen molar-refractivity contribution in [2.24, 2.45) is 0 Å². The molecule has 0 spiro atoms. The van der Waals surface area contributed by atoms with Gasteiger partial charge in [0, 0.05) is 17.2 Å². The fourth-order valence-corrected chi connectivity index (χ4v) is 2.76. The Hall–Kier alpha value is -4.56. The van der Waals surface area contributed by atoms with Crippen molar-refractivity contribution >= 4 is 17.9 Å². The van der Waals surface area contributed by atoms with E-state index in [1.807, 2.05) is 0 Å². The van der Waals surface area contributed by atoms with E-state index in [0.29, 0.717) is 5.56 Å². The molecule has 0 bridgehead atoms. The number of aliphatic hydroxyl groups excluding tert-OH is 1.